The van der Waals surface area contributed by atoms with Crippen LogP contribution >= 0.6 is 11.8 Å². The van der Waals surface area contributed by atoms with Crippen LogP contribution < -0.4 is 4.74 Å². The van der Waals surface area contributed by atoms with Crippen molar-refractivity contribution in [3.63, 3.8) is 0 Å². The van der Waals surface area contributed by atoms with Crippen molar-refractivity contribution >= 4 is 41.4 Å². The monoisotopic (exact) mass is 706 g/mol. The molecule has 1 fully saturated rings. The van der Waals surface area contributed by atoms with Gasteiger partial charge in [0.05, 0.1) is 23.9 Å². The van der Waals surface area contributed by atoms with Crippen LogP contribution in [-0.2, 0) is 42.9 Å². The van der Waals surface area contributed by atoms with Crippen LogP contribution in [0.2, 0.25) is 0 Å². The highest BCUT2D eigenvalue weighted by atomic mass is 32.2. The van der Waals surface area contributed by atoms with Gasteiger partial charge in [0.1, 0.15) is 23.8 Å². The van der Waals surface area contributed by atoms with Crippen molar-refractivity contribution < 1.29 is 57.5 Å². The first kappa shape index (κ1) is 37.4. The maximum absolute atomic E-state index is 13.4. The number of aromatic nitrogens is 1. The highest BCUT2D eigenvalue weighted by Crippen LogP contribution is 2.44. The molecule has 0 bridgehead atoms. The lowest BCUT2D eigenvalue weighted by molar-refractivity contribution is -0.237. The third-order valence-corrected chi connectivity index (χ3v) is 8.45. The van der Waals surface area contributed by atoms with E-state index in [9.17, 15) is 34.3 Å². The fourth-order valence-corrected chi connectivity index (χ4v) is 6.60. The Morgan fingerprint density at radius 1 is 0.860 bits per heavy atom. The van der Waals surface area contributed by atoms with Gasteiger partial charge in [-0.25, -0.2) is 4.98 Å². The zero-order chi connectivity index (χ0) is 36.7. The van der Waals surface area contributed by atoms with E-state index in [1.807, 2.05) is 0 Å². The number of nitriles is 1. The third kappa shape index (κ3) is 8.57. The number of esters is 4. The molecule has 1 aliphatic heterocycles. The normalized spacial score (nSPS) is 19.7. The van der Waals surface area contributed by atoms with Gasteiger partial charge in [-0.1, -0.05) is 48.2 Å². The van der Waals surface area contributed by atoms with Gasteiger partial charge in [0.15, 0.2) is 41.0 Å². The number of hydrogen-bond donors (Lipinski definition) is 1. The second kappa shape index (κ2) is 16.3. The molecule has 2 heterocycles. The van der Waals surface area contributed by atoms with E-state index in [1.54, 1.807) is 36.4 Å². The zero-order valence-corrected chi connectivity index (χ0v) is 28.8. The smallest absolute Gasteiger partial charge is 0.303 e. The van der Waals surface area contributed by atoms with E-state index in [0.29, 0.717) is 5.56 Å². The Labute approximate surface area is 291 Å². The van der Waals surface area contributed by atoms with E-state index >= 15 is 0 Å². The molecule has 5 atom stereocenters. The molecule has 2 aromatic carbocycles. The molecule has 14 nitrogen and oxygen atoms in total. The van der Waals surface area contributed by atoms with Gasteiger partial charge in [-0.3, -0.25) is 24.0 Å². The Morgan fingerprint density at radius 3 is 2.02 bits per heavy atom. The number of Topliss-reactive ketones (excluding diaryl/α,β-unsaturated/α-hetero) is 1. The summed E-state index contributed by atoms with van der Waals surface area (Å²) in [5.74, 6) is -3.61. The number of nitrogens with zero attached hydrogens (tertiary/aromatic N) is 2. The largest absolute Gasteiger partial charge is 0.504 e. The molecular formula is C35H34N2O12S. The lowest BCUT2D eigenvalue weighted by Crippen LogP contribution is -2.61. The second-order valence-electron chi connectivity index (χ2n) is 11.0. The van der Waals surface area contributed by atoms with Crippen LogP contribution in [0.4, 0.5) is 0 Å². The summed E-state index contributed by atoms with van der Waals surface area (Å²) in [4.78, 5) is 66.9. The standard InChI is InChI=1S/C35H34N2O12S/c1-17(38)28-29(23-12-13-26(44-6)25(43)14-23)24(15-36)34(37-30(28)22-10-8-7-9-11-22)50-35-33(48-21(5)42)32(47-20(4)41)31(46-19(3)40)27(49-35)16-45-18(2)39/h7-14,27,31-33,35,43H,16H2,1-6H3/t27-,31+,32+,33-,35+/m1/s1. The van der Waals surface area contributed by atoms with Crippen molar-refractivity contribution in [3.8, 4) is 40.0 Å². The number of aromatic hydroxyl groups is 1. The molecule has 50 heavy (non-hydrogen) atoms. The number of carbonyl (C=O) groups excluding carboxylic acids is 5. The minimum atomic E-state index is -1.46. The quantitative estimate of drug-likeness (QED) is 0.167. The number of ether oxygens (including phenoxy) is 6. The van der Waals surface area contributed by atoms with Crippen molar-refractivity contribution in [1.29, 1.82) is 5.26 Å². The SMILES string of the molecule is COc1ccc(-c2c(C#N)c(S[C@@H]3O[C@H](COC(C)=O)[C@H](OC(C)=O)[C@H](OC(C)=O)[C@H]3OC(C)=O)nc(-c3ccccc3)c2C(C)=O)cc1O. The van der Waals surface area contributed by atoms with Crippen molar-refractivity contribution in [2.24, 2.45) is 0 Å². The van der Waals surface area contributed by atoms with Crippen molar-refractivity contribution in [3.05, 3.63) is 59.7 Å². The molecule has 3 aromatic rings. The van der Waals surface area contributed by atoms with Gasteiger partial charge < -0.3 is 33.5 Å². The molecule has 1 aromatic heterocycles. The molecule has 4 rings (SSSR count). The summed E-state index contributed by atoms with van der Waals surface area (Å²) < 4.78 is 33.3. The molecule has 1 saturated heterocycles. The number of rotatable bonds is 11. The topological polar surface area (TPSA) is 198 Å². The summed E-state index contributed by atoms with van der Waals surface area (Å²) in [6, 6.07) is 15.2. The molecule has 262 valence electrons. The minimum Gasteiger partial charge on any atom is -0.504 e. The van der Waals surface area contributed by atoms with E-state index in [2.05, 4.69) is 6.07 Å². The van der Waals surface area contributed by atoms with Crippen molar-refractivity contribution in [2.45, 2.75) is 69.5 Å². The summed E-state index contributed by atoms with van der Waals surface area (Å²) in [5, 5.41) is 21.3. The van der Waals surface area contributed by atoms with Crippen LogP contribution in [0.3, 0.4) is 0 Å². The highest BCUT2D eigenvalue weighted by molar-refractivity contribution is 7.99. The van der Waals surface area contributed by atoms with Gasteiger partial charge in [-0.05, 0) is 24.6 Å². The third-order valence-electron chi connectivity index (χ3n) is 7.32. The van der Waals surface area contributed by atoms with Crippen molar-refractivity contribution in [2.75, 3.05) is 13.7 Å². The first-order valence-electron chi connectivity index (χ1n) is 15.1. The number of ketones is 1. The number of methoxy groups -OCH3 is 1. The van der Waals surface area contributed by atoms with E-state index in [1.165, 1.54) is 26.2 Å². The lowest BCUT2D eigenvalue weighted by atomic mass is 9.90. The maximum atomic E-state index is 13.4. The van der Waals surface area contributed by atoms with Gasteiger partial charge in [0.2, 0.25) is 0 Å². The second-order valence-corrected chi connectivity index (χ2v) is 12.1. The Kier molecular flexibility index (Phi) is 12.2. The summed E-state index contributed by atoms with van der Waals surface area (Å²) in [5.41, 5.74) is -0.201. The minimum absolute atomic E-state index is 0.00237. The highest BCUT2D eigenvalue weighted by Gasteiger charge is 2.53. The summed E-state index contributed by atoms with van der Waals surface area (Å²) >= 11 is 0.802. The molecule has 1 N–H and O–H groups in total. The number of benzene rings is 2. The van der Waals surface area contributed by atoms with Crippen LogP contribution in [0.25, 0.3) is 22.4 Å². The van der Waals surface area contributed by atoms with Gasteiger partial charge >= 0.3 is 23.9 Å². The molecule has 1 aliphatic rings. The Balaban J connectivity index is 2.00. The van der Waals surface area contributed by atoms with E-state index in [4.69, 9.17) is 33.4 Å². The van der Waals surface area contributed by atoms with Crippen LogP contribution in [0.15, 0.2) is 53.6 Å². The van der Waals surface area contributed by atoms with E-state index < -0.39 is 66.1 Å². The number of carbonyl (C=O) groups is 5. The zero-order valence-electron chi connectivity index (χ0n) is 28.0. The predicted octanol–water partition coefficient (Wildman–Crippen LogP) is 4.38. The van der Waals surface area contributed by atoms with Crippen LogP contribution in [0, 0.1) is 11.3 Å². The molecule has 0 radical (unpaired) electrons. The molecule has 15 heteroatoms. The maximum Gasteiger partial charge on any atom is 0.303 e. The molecule has 0 spiro atoms. The fourth-order valence-electron chi connectivity index (χ4n) is 5.43. The molecule has 0 amide bonds. The molecule has 0 unspecified atom stereocenters. The summed E-state index contributed by atoms with van der Waals surface area (Å²) in [6.45, 7) is 5.35. The number of phenols is 1. The lowest BCUT2D eigenvalue weighted by Gasteiger charge is -2.44. The predicted molar refractivity (Wildman–Crippen MR) is 176 cm³/mol. The average molecular weight is 707 g/mol. The van der Waals surface area contributed by atoms with Crippen LogP contribution in [-0.4, -0.2) is 83.3 Å². The molecule has 0 aliphatic carbocycles. The Bertz CT molecular complexity index is 1840. The number of thioether (sulfide) groups is 1. The van der Waals surface area contributed by atoms with Gasteiger partial charge in [0.25, 0.3) is 0 Å². The van der Waals surface area contributed by atoms with Crippen LogP contribution in [0.5, 0.6) is 11.5 Å². The van der Waals surface area contributed by atoms with E-state index in [-0.39, 0.29) is 44.5 Å². The Hall–Kier alpha value is -5.46. The molecule has 0 saturated carbocycles. The van der Waals surface area contributed by atoms with Crippen molar-refractivity contribution in [1.82, 2.24) is 4.98 Å². The average Bonchev–Trinajstić information content (AvgIpc) is 3.05. The number of phenolic OH excluding ortho intramolecular Hbond substituents is 1. The first-order valence-corrected chi connectivity index (χ1v) is 16.0. The summed E-state index contributed by atoms with van der Waals surface area (Å²) in [7, 11) is 1.37. The van der Waals surface area contributed by atoms with E-state index in [0.717, 1.165) is 39.5 Å². The fraction of sp³-hybridized carbons (Fsp3) is 0.343. The van der Waals surface area contributed by atoms with Gasteiger partial charge in [-0.2, -0.15) is 5.26 Å². The Morgan fingerprint density at radius 2 is 1.48 bits per heavy atom. The number of pyridine rings is 1. The molecular weight excluding hydrogens is 672 g/mol. The van der Waals surface area contributed by atoms with Gasteiger partial charge in [0, 0.05) is 38.8 Å². The van der Waals surface area contributed by atoms with Gasteiger partial charge in [-0.15, -0.1) is 0 Å². The number of hydrogen-bond acceptors (Lipinski definition) is 15. The summed E-state index contributed by atoms with van der Waals surface area (Å²) in [6.07, 6.45) is -5.54. The van der Waals surface area contributed by atoms with Crippen LogP contribution in [0.1, 0.15) is 50.5 Å². The first-order chi connectivity index (χ1) is 23.7.